The number of carboxylic acid groups (broad SMARTS) is 1. The molecule has 104 valence electrons. The largest absolute Gasteiger partial charge is 0.478 e. The lowest BCUT2D eigenvalue weighted by Crippen LogP contribution is -2.40. The molecule has 0 radical (unpaired) electrons. The summed E-state index contributed by atoms with van der Waals surface area (Å²) in [5, 5.41) is 8.79. The lowest BCUT2D eigenvalue weighted by molar-refractivity contribution is 0.0695. The van der Waals surface area contributed by atoms with Gasteiger partial charge in [-0.15, -0.1) is 0 Å². The van der Waals surface area contributed by atoms with Crippen LogP contribution >= 0.6 is 0 Å². The van der Waals surface area contributed by atoms with E-state index < -0.39 is 17.6 Å². The molecule has 1 N–H and O–H groups in total. The normalized spacial score (nSPS) is 19.5. The second-order valence-corrected chi connectivity index (χ2v) is 4.84. The Morgan fingerprint density at radius 3 is 2.53 bits per heavy atom. The van der Waals surface area contributed by atoms with Crippen molar-refractivity contribution < 1.29 is 18.7 Å². The molecule has 3 nitrogen and oxygen atoms in total. The zero-order chi connectivity index (χ0) is 14.0. The number of halogens is 2. The van der Waals surface area contributed by atoms with Crippen molar-refractivity contribution in [1.29, 1.82) is 0 Å². The Kier molecular flexibility index (Phi) is 4.02. The van der Waals surface area contributed by atoms with Crippen LogP contribution in [0.2, 0.25) is 0 Å². The molecule has 1 unspecified atom stereocenters. The van der Waals surface area contributed by atoms with Crippen LogP contribution in [0.3, 0.4) is 0 Å². The maximum atomic E-state index is 14.0. The average molecular weight is 269 g/mol. The van der Waals surface area contributed by atoms with Crippen LogP contribution in [0.1, 0.15) is 43.0 Å². The summed E-state index contributed by atoms with van der Waals surface area (Å²) in [5.41, 5.74) is -0.444. The molecule has 1 atom stereocenters. The molecule has 1 heterocycles. The number of hydrogen-bond donors (Lipinski definition) is 1. The van der Waals surface area contributed by atoms with Gasteiger partial charge in [0.05, 0.1) is 5.56 Å². The molecular formula is C14H17F2NO2. The zero-order valence-electron chi connectivity index (χ0n) is 10.8. The summed E-state index contributed by atoms with van der Waals surface area (Å²) >= 11 is 0. The van der Waals surface area contributed by atoms with Crippen LogP contribution in [0.5, 0.6) is 0 Å². The Balaban J connectivity index is 2.41. The highest BCUT2D eigenvalue weighted by Gasteiger charge is 2.27. The van der Waals surface area contributed by atoms with Gasteiger partial charge in [-0.25, -0.2) is 13.6 Å². The Hall–Kier alpha value is -1.65. The Morgan fingerprint density at radius 1 is 1.37 bits per heavy atom. The number of aromatic carboxylic acids is 1. The highest BCUT2D eigenvalue weighted by molar-refractivity contribution is 5.88. The maximum absolute atomic E-state index is 14.0. The lowest BCUT2D eigenvalue weighted by Gasteiger charge is -2.37. The minimum absolute atomic E-state index is 0.0865. The van der Waals surface area contributed by atoms with E-state index in [1.54, 1.807) is 4.90 Å². The maximum Gasteiger partial charge on any atom is 0.335 e. The van der Waals surface area contributed by atoms with Crippen molar-refractivity contribution in [1.82, 2.24) is 0 Å². The fourth-order valence-electron chi connectivity index (χ4n) is 2.68. The number of carbonyl (C=O) groups is 1. The molecule has 19 heavy (non-hydrogen) atoms. The highest BCUT2D eigenvalue weighted by atomic mass is 19.1. The van der Waals surface area contributed by atoms with Crippen LogP contribution in [0.25, 0.3) is 0 Å². The first-order valence-corrected chi connectivity index (χ1v) is 6.53. The molecule has 2 rings (SSSR count). The number of rotatable bonds is 3. The van der Waals surface area contributed by atoms with Crippen LogP contribution in [0, 0.1) is 11.6 Å². The molecule has 0 amide bonds. The molecule has 1 aliphatic rings. The lowest BCUT2D eigenvalue weighted by atomic mass is 9.98. The zero-order valence-corrected chi connectivity index (χ0v) is 10.8. The Morgan fingerprint density at radius 2 is 2.00 bits per heavy atom. The van der Waals surface area contributed by atoms with Gasteiger partial charge >= 0.3 is 5.97 Å². The minimum Gasteiger partial charge on any atom is -0.478 e. The molecule has 0 bridgehead atoms. The number of benzene rings is 1. The topological polar surface area (TPSA) is 40.5 Å². The van der Waals surface area contributed by atoms with Gasteiger partial charge in [-0.1, -0.05) is 6.92 Å². The Bertz CT molecular complexity index is 467. The predicted octanol–water partition coefficient (Wildman–Crippen LogP) is 3.43. The monoisotopic (exact) mass is 269 g/mol. The number of hydrogen-bond acceptors (Lipinski definition) is 2. The molecule has 0 saturated carbocycles. The van der Waals surface area contributed by atoms with Gasteiger partial charge in [0.15, 0.2) is 0 Å². The second kappa shape index (κ2) is 5.55. The van der Waals surface area contributed by atoms with Gasteiger partial charge in [0, 0.05) is 12.6 Å². The van der Waals surface area contributed by atoms with Gasteiger partial charge in [0.1, 0.15) is 17.3 Å². The molecule has 0 aliphatic carbocycles. The SMILES string of the molecule is CCC1CCCCN1c1c(F)cc(C(=O)O)cc1F. The van der Waals surface area contributed by atoms with E-state index in [-0.39, 0.29) is 17.3 Å². The van der Waals surface area contributed by atoms with Crippen LogP contribution in [-0.2, 0) is 0 Å². The third-order valence-corrected chi connectivity index (χ3v) is 3.65. The fourth-order valence-corrected chi connectivity index (χ4v) is 2.68. The van der Waals surface area contributed by atoms with Crippen molar-refractivity contribution >= 4 is 11.7 Å². The number of piperidine rings is 1. The van der Waals surface area contributed by atoms with Crippen molar-refractivity contribution in [3.05, 3.63) is 29.3 Å². The van der Waals surface area contributed by atoms with E-state index in [1.165, 1.54) is 0 Å². The van der Waals surface area contributed by atoms with Gasteiger partial charge < -0.3 is 10.0 Å². The predicted molar refractivity (Wildman–Crippen MR) is 68.6 cm³/mol. The number of nitrogens with zero attached hydrogens (tertiary/aromatic N) is 1. The first-order valence-electron chi connectivity index (χ1n) is 6.53. The summed E-state index contributed by atoms with van der Waals surface area (Å²) in [6.45, 7) is 2.60. The molecule has 1 saturated heterocycles. The van der Waals surface area contributed by atoms with Gasteiger partial charge in [-0.05, 0) is 37.8 Å². The van der Waals surface area contributed by atoms with E-state index in [0.717, 1.165) is 37.8 Å². The summed E-state index contributed by atoms with van der Waals surface area (Å²) in [4.78, 5) is 12.5. The first-order chi connectivity index (χ1) is 9.04. The van der Waals surface area contributed by atoms with Gasteiger partial charge in [-0.3, -0.25) is 0 Å². The molecule has 1 aromatic rings. The summed E-state index contributed by atoms with van der Waals surface area (Å²) in [7, 11) is 0. The second-order valence-electron chi connectivity index (χ2n) is 4.84. The summed E-state index contributed by atoms with van der Waals surface area (Å²) in [5.74, 6) is -2.91. The summed E-state index contributed by atoms with van der Waals surface area (Å²) in [6.07, 6.45) is 3.69. The van der Waals surface area contributed by atoms with Crippen LogP contribution in [0.4, 0.5) is 14.5 Å². The van der Waals surface area contributed by atoms with Gasteiger partial charge in [0.2, 0.25) is 0 Å². The van der Waals surface area contributed by atoms with E-state index in [9.17, 15) is 13.6 Å². The van der Waals surface area contributed by atoms with Crippen molar-refractivity contribution in [3.8, 4) is 0 Å². The molecule has 5 heteroatoms. The van der Waals surface area contributed by atoms with Crippen molar-refractivity contribution in [2.75, 3.05) is 11.4 Å². The summed E-state index contributed by atoms with van der Waals surface area (Å²) in [6, 6.07) is 1.90. The van der Waals surface area contributed by atoms with Crippen molar-refractivity contribution in [3.63, 3.8) is 0 Å². The number of carboxylic acids is 1. The molecule has 1 aromatic carbocycles. The van der Waals surface area contributed by atoms with E-state index in [2.05, 4.69) is 0 Å². The molecule has 1 fully saturated rings. The van der Waals surface area contributed by atoms with Crippen LogP contribution in [-0.4, -0.2) is 23.7 Å². The third kappa shape index (κ3) is 2.69. The molecule has 0 spiro atoms. The van der Waals surface area contributed by atoms with Crippen LogP contribution in [0.15, 0.2) is 12.1 Å². The number of anilines is 1. The van der Waals surface area contributed by atoms with E-state index >= 15 is 0 Å². The third-order valence-electron chi connectivity index (χ3n) is 3.65. The van der Waals surface area contributed by atoms with Gasteiger partial charge in [-0.2, -0.15) is 0 Å². The van der Waals surface area contributed by atoms with E-state index in [0.29, 0.717) is 6.54 Å². The smallest absolute Gasteiger partial charge is 0.335 e. The fraction of sp³-hybridized carbons (Fsp3) is 0.500. The average Bonchev–Trinajstić information content (AvgIpc) is 2.38. The molecular weight excluding hydrogens is 252 g/mol. The molecule has 0 aromatic heterocycles. The van der Waals surface area contributed by atoms with E-state index in [4.69, 9.17) is 5.11 Å². The first kappa shape index (κ1) is 13.8. The minimum atomic E-state index is -1.32. The highest BCUT2D eigenvalue weighted by Crippen LogP contribution is 2.31. The van der Waals surface area contributed by atoms with Crippen molar-refractivity contribution in [2.24, 2.45) is 0 Å². The summed E-state index contributed by atoms with van der Waals surface area (Å²) < 4.78 is 28.0. The standard InChI is InChI=1S/C14H17F2NO2/c1-2-10-5-3-4-6-17(10)13-11(15)7-9(14(18)19)8-12(13)16/h7-8,10H,2-6H2,1H3,(H,18,19). The Labute approximate surface area is 110 Å². The van der Waals surface area contributed by atoms with Crippen LogP contribution < -0.4 is 4.90 Å². The molecule has 1 aliphatic heterocycles. The van der Waals surface area contributed by atoms with Gasteiger partial charge in [0.25, 0.3) is 0 Å². The van der Waals surface area contributed by atoms with E-state index in [1.807, 2.05) is 6.92 Å². The quantitative estimate of drug-likeness (QED) is 0.913. The van der Waals surface area contributed by atoms with Crippen molar-refractivity contribution in [2.45, 2.75) is 38.6 Å².